The van der Waals surface area contributed by atoms with Crippen molar-refractivity contribution in [3.05, 3.63) is 0 Å². The Labute approximate surface area is 118 Å². The smallest absolute Gasteiger partial charge is 0.394 e. The second-order valence-corrected chi connectivity index (χ2v) is 5.56. The molecular formula is C13H23N3O4. The van der Waals surface area contributed by atoms with Gasteiger partial charge >= 0.3 is 11.9 Å². The highest BCUT2D eigenvalue weighted by atomic mass is 16.4. The van der Waals surface area contributed by atoms with Gasteiger partial charge < -0.3 is 20.0 Å². The van der Waals surface area contributed by atoms with Gasteiger partial charge in [0.1, 0.15) is 0 Å². The lowest BCUT2D eigenvalue weighted by Gasteiger charge is -2.35. The Morgan fingerprint density at radius 3 is 1.90 bits per heavy atom. The number of aliphatic hydroxyl groups excluding tert-OH is 1. The Morgan fingerprint density at radius 2 is 1.40 bits per heavy atom. The Balaban J connectivity index is 1.68. The first kappa shape index (κ1) is 15.2. The Morgan fingerprint density at radius 1 is 0.900 bits per heavy atom. The van der Waals surface area contributed by atoms with Gasteiger partial charge in [-0.3, -0.25) is 9.69 Å². The molecule has 2 rings (SSSR count). The van der Waals surface area contributed by atoms with Crippen LogP contribution in [0, 0.1) is 0 Å². The van der Waals surface area contributed by atoms with Gasteiger partial charge in [0.15, 0.2) is 0 Å². The molecule has 2 aliphatic heterocycles. The van der Waals surface area contributed by atoms with E-state index in [1.165, 1.54) is 17.7 Å². The van der Waals surface area contributed by atoms with E-state index >= 15 is 0 Å². The van der Waals surface area contributed by atoms with Crippen molar-refractivity contribution in [3.8, 4) is 0 Å². The lowest BCUT2D eigenvalue weighted by molar-refractivity contribution is -0.156. The fraction of sp³-hybridized carbons (Fsp3) is 0.846. The highest BCUT2D eigenvalue weighted by Crippen LogP contribution is 2.09. The Bertz CT molecular complexity index is 350. The van der Waals surface area contributed by atoms with Crippen LogP contribution in [0.5, 0.6) is 0 Å². The van der Waals surface area contributed by atoms with Crippen LogP contribution in [0.4, 0.5) is 0 Å². The summed E-state index contributed by atoms with van der Waals surface area (Å²) < 4.78 is 0. The van der Waals surface area contributed by atoms with E-state index in [0.717, 1.165) is 13.1 Å². The summed E-state index contributed by atoms with van der Waals surface area (Å²) in [6.45, 7) is 5.51. The maximum Gasteiger partial charge on any atom is 0.394 e. The number of carbonyl (C=O) groups excluding carboxylic acids is 1. The number of aliphatic hydroxyl groups is 1. The van der Waals surface area contributed by atoms with E-state index in [9.17, 15) is 14.7 Å². The highest BCUT2D eigenvalue weighted by Gasteiger charge is 2.26. The summed E-state index contributed by atoms with van der Waals surface area (Å²) in [7, 11) is 0. The second kappa shape index (κ2) is 7.01. The lowest BCUT2D eigenvalue weighted by atomic mass is 10.2. The van der Waals surface area contributed by atoms with Gasteiger partial charge in [-0.05, 0) is 25.9 Å². The average molecular weight is 285 g/mol. The molecule has 1 atom stereocenters. The van der Waals surface area contributed by atoms with Gasteiger partial charge in [0.25, 0.3) is 0 Å². The van der Waals surface area contributed by atoms with Gasteiger partial charge in [0.05, 0.1) is 6.10 Å². The fourth-order valence-corrected chi connectivity index (χ4v) is 2.89. The number of piperazine rings is 1. The van der Waals surface area contributed by atoms with Crippen molar-refractivity contribution < 1.29 is 19.8 Å². The number of hydrogen-bond acceptors (Lipinski definition) is 5. The molecule has 0 aromatic heterocycles. The fourth-order valence-electron chi connectivity index (χ4n) is 2.89. The molecule has 0 aromatic carbocycles. The maximum absolute atomic E-state index is 11.3. The van der Waals surface area contributed by atoms with Crippen molar-refractivity contribution in [2.75, 3.05) is 52.4 Å². The van der Waals surface area contributed by atoms with Crippen molar-refractivity contribution in [3.63, 3.8) is 0 Å². The van der Waals surface area contributed by atoms with E-state index in [1.54, 1.807) is 0 Å². The van der Waals surface area contributed by atoms with E-state index in [0.29, 0.717) is 39.3 Å². The zero-order valence-corrected chi connectivity index (χ0v) is 11.7. The van der Waals surface area contributed by atoms with Gasteiger partial charge in [0, 0.05) is 39.3 Å². The molecule has 0 aliphatic carbocycles. The molecular weight excluding hydrogens is 262 g/mol. The third-order valence-electron chi connectivity index (χ3n) is 3.98. The zero-order valence-electron chi connectivity index (χ0n) is 11.7. The number of carboxylic acids is 1. The van der Waals surface area contributed by atoms with Crippen LogP contribution in [0.3, 0.4) is 0 Å². The normalized spacial score (nSPS) is 22.9. The number of nitrogens with zero attached hydrogens (tertiary/aromatic N) is 3. The predicted molar refractivity (Wildman–Crippen MR) is 72.3 cm³/mol. The van der Waals surface area contributed by atoms with E-state index in [4.69, 9.17) is 5.11 Å². The molecule has 0 aromatic rings. The first-order valence-corrected chi connectivity index (χ1v) is 7.21. The van der Waals surface area contributed by atoms with E-state index in [1.807, 2.05) is 0 Å². The maximum atomic E-state index is 11.3. The monoisotopic (exact) mass is 285 g/mol. The van der Waals surface area contributed by atoms with Crippen molar-refractivity contribution >= 4 is 11.9 Å². The number of carbonyl (C=O) groups is 2. The average Bonchev–Trinajstić information content (AvgIpc) is 2.91. The van der Waals surface area contributed by atoms with Crippen LogP contribution in [0.15, 0.2) is 0 Å². The van der Waals surface area contributed by atoms with Crippen LogP contribution in [0.25, 0.3) is 0 Å². The van der Waals surface area contributed by atoms with E-state index in [-0.39, 0.29) is 6.10 Å². The van der Waals surface area contributed by atoms with Crippen molar-refractivity contribution in [2.45, 2.75) is 18.9 Å². The standard InChI is InChI=1S/C13H23N3O4/c17-11(9-14-3-1-2-4-14)10-15-5-7-16(8-6-15)12(18)13(19)20/h11,17H,1-10H2,(H,19,20). The third kappa shape index (κ3) is 4.16. The van der Waals surface area contributed by atoms with Crippen LogP contribution in [0.2, 0.25) is 0 Å². The van der Waals surface area contributed by atoms with Gasteiger partial charge in [-0.25, -0.2) is 4.79 Å². The van der Waals surface area contributed by atoms with Crippen LogP contribution in [0.1, 0.15) is 12.8 Å². The second-order valence-electron chi connectivity index (χ2n) is 5.56. The lowest BCUT2D eigenvalue weighted by Crippen LogP contribution is -2.52. The first-order valence-electron chi connectivity index (χ1n) is 7.21. The van der Waals surface area contributed by atoms with Crippen LogP contribution < -0.4 is 0 Å². The molecule has 1 unspecified atom stereocenters. The molecule has 7 heteroatoms. The predicted octanol–water partition coefficient (Wildman–Crippen LogP) is -1.33. The number of hydrogen-bond donors (Lipinski definition) is 2. The number of aliphatic carboxylic acids is 1. The summed E-state index contributed by atoms with van der Waals surface area (Å²) in [6.07, 6.45) is 2.04. The molecule has 0 bridgehead atoms. The molecule has 20 heavy (non-hydrogen) atoms. The summed E-state index contributed by atoms with van der Waals surface area (Å²) >= 11 is 0. The largest absolute Gasteiger partial charge is 0.474 e. The summed E-state index contributed by atoms with van der Waals surface area (Å²) in [4.78, 5) is 27.6. The molecule has 0 spiro atoms. The molecule has 2 fully saturated rings. The Hall–Kier alpha value is -1.18. The topological polar surface area (TPSA) is 84.3 Å². The number of rotatable bonds is 4. The molecule has 7 nitrogen and oxygen atoms in total. The third-order valence-corrected chi connectivity index (χ3v) is 3.98. The summed E-state index contributed by atoms with van der Waals surface area (Å²) in [6, 6.07) is 0. The molecule has 2 aliphatic rings. The minimum atomic E-state index is -1.40. The molecule has 2 saturated heterocycles. The summed E-state index contributed by atoms with van der Waals surface area (Å²) in [5, 5.41) is 18.7. The van der Waals surface area contributed by atoms with Crippen molar-refractivity contribution in [2.24, 2.45) is 0 Å². The molecule has 2 N–H and O–H groups in total. The van der Waals surface area contributed by atoms with Crippen molar-refractivity contribution in [1.82, 2.24) is 14.7 Å². The van der Waals surface area contributed by atoms with Crippen LogP contribution in [-0.2, 0) is 9.59 Å². The van der Waals surface area contributed by atoms with Crippen LogP contribution >= 0.6 is 0 Å². The molecule has 114 valence electrons. The number of β-amino-alcohol motifs (C(OH)–C–C–N with tert-alkyl or cyclic N) is 1. The van der Waals surface area contributed by atoms with Gasteiger partial charge in [-0.1, -0.05) is 0 Å². The number of likely N-dealkylation sites (tertiary alicyclic amines) is 1. The first-order chi connectivity index (χ1) is 9.56. The summed E-state index contributed by atoms with van der Waals surface area (Å²) in [5.74, 6) is -2.23. The molecule has 0 saturated carbocycles. The number of amides is 1. The molecule has 2 heterocycles. The quantitative estimate of drug-likeness (QED) is 0.623. The molecule has 1 amide bonds. The van der Waals surface area contributed by atoms with Gasteiger partial charge in [0.2, 0.25) is 0 Å². The van der Waals surface area contributed by atoms with E-state index in [2.05, 4.69) is 9.80 Å². The molecule has 0 radical (unpaired) electrons. The van der Waals surface area contributed by atoms with Gasteiger partial charge in [-0.2, -0.15) is 0 Å². The minimum absolute atomic E-state index is 0.380. The van der Waals surface area contributed by atoms with Crippen LogP contribution in [-0.4, -0.2) is 95.3 Å². The Kier molecular flexibility index (Phi) is 5.33. The van der Waals surface area contributed by atoms with E-state index < -0.39 is 11.9 Å². The van der Waals surface area contributed by atoms with Crippen molar-refractivity contribution in [1.29, 1.82) is 0 Å². The zero-order chi connectivity index (χ0) is 14.5. The highest BCUT2D eigenvalue weighted by molar-refractivity contribution is 6.31. The van der Waals surface area contributed by atoms with Gasteiger partial charge in [-0.15, -0.1) is 0 Å². The minimum Gasteiger partial charge on any atom is -0.474 e. The number of carboxylic acid groups (broad SMARTS) is 1. The SMILES string of the molecule is O=C(O)C(=O)N1CCN(CC(O)CN2CCCC2)CC1. The summed E-state index contributed by atoms with van der Waals surface area (Å²) in [5.41, 5.74) is 0.